The number of aryl methyl sites for hydroxylation is 1. The molecule has 0 spiro atoms. The molecule has 0 aliphatic heterocycles. The predicted octanol–water partition coefficient (Wildman–Crippen LogP) is 1.88. The Morgan fingerprint density at radius 2 is 1.84 bits per heavy atom. The van der Waals surface area contributed by atoms with Gasteiger partial charge in [0.1, 0.15) is 0 Å². The summed E-state index contributed by atoms with van der Waals surface area (Å²) in [5.74, 6) is -1.70. The highest BCUT2D eigenvalue weighted by Gasteiger charge is 2.14. The Morgan fingerprint density at radius 3 is 2.44 bits per heavy atom. The van der Waals surface area contributed by atoms with Gasteiger partial charge in [-0.2, -0.15) is 0 Å². The normalized spacial score (nSPS) is 11.0. The van der Waals surface area contributed by atoms with Crippen LogP contribution in [-0.2, 0) is 14.4 Å². The van der Waals surface area contributed by atoms with Crippen LogP contribution in [0.25, 0.3) is 0 Å². The minimum atomic E-state index is -0.896. The summed E-state index contributed by atoms with van der Waals surface area (Å²) in [6.45, 7) is 7.94. The Labute approximate surface area is 152 Å². The number of allylic oxidation sites excluding steroid dienone is 1. The van der Waals surface area contributed by atoms with E-state index in [0.717, 1.165) is 5.56 Å². The largest absolute Gasteiger partial charge is 0.352 e. The number of rotatable bonds is 6. The zero-order valence-corrected chi connectivity index (χ0v) is 15.5. The number of halogens is 1. The van der Waals surface area contributed by atoms with Crippen molar-refractivity contribution in [2.75, 3.05) is 11.9 Å². The first kappa shape index (κ1) is 20.5. The lowest BCUT2D eigenvalue weighted by Crippen LogP contribution is -2.43. The van der Waals surface area contributed by atoms with E-state index in [-0.39, 0.29) is 5.91 Å². The quantitative estimate of drug-likeness (QED) is 0.351. The molecule has 0 saturated heterocycles. The van der Waals surface area contributed by atoms with Gasteiger partial charge < -0.3 is 16.1 Å². The molecule has 0 atom stereocenters. The second-order valence-corrected chi connectivity index (χ2v) is 6.37. The summed E-state index contributed by atoms with van der Waals surface area (Å²) in [4.78, 5) is 35.2. The van der Waals surface area contributed by atoms with Crippen LogP contribution in [-0.4, -0.2) is 24.3 Å². The Kier molecular flexibility index (Phi) is 7.94. The molecule has 1 aromatic rings. The molecule has 4 N–H and O–H groups in total. The van der Waals surface area contributed by atoms with E-state index in [1.54, 1.807) is 25.1 Å². The molecule has 0 aromatic heterocycles. The van der Waals surface area contributed by atoms with Crippen molar-refractivity contribution < 1.29 is 14.4 Å². The molecule has 1 rings (SSSR count). The highest BCUT2D eigenvalue weighted by atomic mass is 35.5. The lowest BCUT2D eigenvalue weighted by atomic mass is 10.2. The van der Waals surface area contributed by atoms with Crippen molar-refractivity contribution in [2.24, 2.45) is 5.92 Å². The van der Waals surface area contributed by atoms with Crippen LogP contribution in [0.15, 0.2) is 30.0 Å². The summed E-state index contributed by atoms with van der Waals surface area (Å²) in [7, 11) is 0. The molecule has 0 aliphatic carbocycles. The molecule has 25 heavy (non-hydrogen) atoms. The minimum absolute atomic E-state index is 0.285. The first-order chi connectivity index (χ1) is 11.7. The molecular formula is C17H23ClN4O3. The van der Waals surface area contributed by atoms with E-state index in [4.69, 9.17) is 11.6 Å². The molecule has 1 aromatic carbocycles. The third kappa shape index (κ3) is 7.71. The topological polar surface area (TPSA) is 99.3 Å². The standard InChI is InChI=1S/C17H23ClN4O3/c1-10(2)9-19-15(23)7-12(4)21-22-17(25)16(24)20-13-6-5-11(3)14(18)8-13/h5-8,10,21H,9H2,1-4H3,(H,19,23)(H,20,24)(H,22,25). The van der Waals surface area contributed by atoms with Crippen LogP contribution < -0.4 is 21.5 Å². The smallest absolute Gasteiger partial charge is 0.327 e. The van der Waals surface area contributed by atoms with E-state index >= 15 is 0 Å². The van der Waals surface area contributed by atoms with Crippen molar-refractivity contribution in [3.63, 3.8) is 0 Å². The summed E-state index contributed by atoms with van der Waals surface area (Å²) in [5, 5.41) is 5.63. The zero-order chi connectivity index (χ0) is 19.0. The van der Waals surface area contributed by atoms with E-state index in [2.05, 4.69) is 21.5 Å². The Bertz CT molecular complexity index is 686. The number of hydrazine groups is 1. The lowest BCUT2D eigenvalue weighted by molar-refractivity contribution is -0.136. The Morgan fingerprint density at radius 1 is 1.16 bits per heavy atom. The summed E-state index contributed by atoms with van der Waals surface area (Å²) in [6.07, 6.45) is 1.29. The van der Waals surface area contributed by atoms with Crippen LogP contribution in [0.4, 0.5) is 5.69 Å². The fraction of sp³-hybridized carbons (Fsp3) is 0.353. The number of hydrogen-bond donors (Lipinski definition) is 4. The molecule has 0 saturated carbocycles. The molecule has 3 amide bonds. The van der Waals surface area contributed by atoms with Crippen LogP contribution in [0.2, 0.25) is 5.02 Å². The van der Waals surface area contributed by atoms with E-state index in [9.17, 15) is 14.4 Å². The SMILES string of the molecule is CC(=CC(=O)NCC(C)C)NNC(=O)C(=O)Nc1ccc(C)c(Cl)c1. The number of benzene rings is 1. The van der Waals surface area contributed by atoms with Crippen molar-refractivity contribution in [1.29, 1.82) is 0 Å². The van der Waals surface area contributed by atoms with E-state index in [0.29, 0.717) is 28.9 Å². The monoisotopic (exact) mass is 366 g/mol. The van der Waals surface area contributed by atoms with Gasteiger partial charge in [0.15, 0.2) is 0 Å². The summed E-state index contributed by atoms with van der Waals surface area (Å²) < 4.78 is 0. The first-order valence-corrected chi connectivity index (χ1v) is 8.16. The van der Waals surface area contributed by atoms with Gasteiger partial charge in [0.05, 0.1) is 0 Å². The van der Waals surface area contributed by atoms with Gasteiger partial charge in [-0.25, -0.2) is 0 Å². The molecule has 7 nitrogen and oxygen atoms in total. The van der Waals surface area contributed by atoms with Crippen LogP contribution in [0.5, 0.6) is 0 Å². The average molecular weight is 367 g/mol. The molecule has 0 radical (unpaired) electrons. The van der Waals surface area contributed by atoms with E-state index in [1.165, 1.54) is 6.08 Å². The second-order valence-electron chi connectivity index (χ2n) is 5.96. The maximum atomic E-state index is 11.8. The van der Waals surface area contributed by atoms with Crippen molar-refractivity contribution in [3.8, 4) is 0 Å². The van der Waals surface area contributed by atoms with Gasteiger partial charge >= 0.3 is 11.8 Å². The molecule has 0 heterocycles. The number of carbonyl (C=O) groups is 3. The van der Waals surface area contributed by atoms with Crippen LogP contribution in [0, 0.1) is 12.8 Å². The predicted molar refractivity (Wildman–Crippen MR) is 97.7 cm³/mol. The molecule has 0 fully saturated rings. The number of amides is 3. The minimum Gasteiger partial charge on any atom is -0.352 e. The fourth-order valence-electron chi connectivity index (χ4n) is 1.66. The van der Waals surface area contributed by atoms with Crippen molar-refractivity contribution >= 4 is 35.0 Å². The van der Waals surface area contributed by atoms with E-state index < -0.39 is 11.8 Å². The fourth-order valence-corrected chi connectivity index (χ4v) is 1.84. The van der Waals surface area contributed by atoms with Gasteiger partial charge in [0.2, 0.25) is 5.91 Å². The lowest BCUT2D eigenvalue weighted by Gasteiger charge is -2.10. The molecule has 0 bridgehead atoms. The van der Waals surface area contributed by atoms with Gasteiger partial charge in [-0.1, -0.05) is 31.5 Å². The molecule has 136 valence electrons. The summed E-state index contributed by atoms with van der Waals surface area (Å²) >= 11 is 5.96. The Hall–Kier alpha value is -2.54. The second kappa shape index (κ2) is 9.68. The molecule has 8 heteroatoms. The maximum absolute atomic E-state index is 11.8. The third-order valence-corrected chi connectivity index (χ3v) is 3.45. The maximum Gasteiger partial charge on any atom is 0.327 e. The summed E-state index contributed by atoms with van der Waals surface area (Å²) in [6, 6.07) is 4.93. The van der Waals surface area contributed by atoms with E-state index in [1.807, 2.05) is 20.8 Å². The molecule has 0 unspecified atom stereocenters. The number of hydrogen-bond acceptors (Lipinski definition) is 4. The highest BCUT2D eigenvalue weighted by molar-refractivity contribution is 6.39. The van der Waals surface area contributed by atoms with Crippen LogP contribution in [0.1, 0.15) is 26.3 Å². The van der Waals surface area contributed by atoms with Gasteiger partial charge in [-0.3, -0.25) is 19.8 Å². The average Bonchev–Trinajstić information content (AvgIpc) is 2.54. The van der Waals surface area contributed by atoms with Crippen LogP contribution in [0.3, 0.4) is 0 Å². The number of anilines is 1. The van der Waals surface area contributed by atoms with Gasteiger partial charge in [0.25, 0.3) is 0 Å². The molecule has 0 aliphatic rings. The van der Waals surface area contributed by atoms with Crippen molar-refractivity contribution in [3.05, 3.63) is 40.6 Å². The number of nitrogens with one attached hydrogen (secondary N) is 4. The Balaban J connectivity index is 2.48. The van der Waals surface area contributed by atoms with Crippen LogP contribution >= 0.6 is 11.6 Å². The third-order valence-electron chi connectivity index (χ3n) is 3.04. The zero-order valence-electron chi connectivity index (χ0n) is 14.7. The van der Waals surface area contributed by atoms with Crippen molar-refractivity contribution in [2.45, 2.75) is 27.7 Å². The number of carbonyl (C=O) groups excluding carboxylic acids is 3. The first-order valence-electron chi connectivity index (χ1n) is 7.78. The van der Waals surface area contributed by atoms with Gasteiger partial charge in [0, 0.05) is 29.0 Å². The van der Waals surface area contributed by atoms with Gasteiger partial charge in [-0.05, 0) is 37.5 Å². The summed E-state index contributed by atoms with van der Waals surface area (Å²) in [5.41, 5.74) is 6.38. The van der Waals surface area contributed by atoms with Crippen molar-refractivity contribution in [1.82, 2.24) is 16.2 Å². The highest BCUT2D eigenvalue weighted by Crippen LogP contribution is 2.19. The molecular weight excluding hydrogens is 344 g/mol. The van der Waals surface area contributed by atoms with Gasteiger partial charge in [-0.15, -0.1) is 0 Å².